The summed E-state index contributed by atoms with van der Waals surface area (Å²) < 4.78 is 43.5. The standard InChI is InChI=1S/C25H20ClF3N2O/c1-13(2)23-21(17-7-5-15(26)10-19(17)28)22(25(32)14-4-3-9-30-12-14)24(31-23)18-8-6-16(27)11-20(18)29/h3-13,25,31-32H,1-2H3. The summed E-state index contributed by atoms with van der Waals surface area (Å²) in [5.74, 6) is -2.23. The number of nitrogens with zero attached hydrogens (tertiary/aromatic N) is 1. The molecule has 32 heavy (non-hydrogen) atoms. The van der Waals surface area contributed by atoms with Crippen LogP contribution >= 0.6 is 11.6 Å². The van der Waals surface area contributed by atoms with Crippen LogP contribution in [0.15, 0.2) is 60.9 Å². The molecule has 2 aromatic heterocycles. The molecular weight excluding hydrogens is 437 g/mol. The van der Waals surface area contributed by atoms with Crippen molar-refractivity contribution in [3.63, 3.8) is 0 Å². The van der Waals surface area contributed by atoms with Gasteiger partial charge in [-0.1, -0.05) is 31.5 Å². The fraction of sp³-hybridized carbons (Fsp3) is 0.160. The normalized spacial score (nSPS) is 12.4. The van der Waals surface area contributed by atoms with Gasteiger partial charge in [0.25, 0.3) is 0 Å². The highest BCUT2D eigenvalue weighted by Crippen LogP contribution is 2.45. The molecule has 164 valence electrons. The van der Waals surface area contributed by atoms with Gasteiger partial charge >= 0.3 is 0 Å². The molecule has 0 saturated heterocycles. The van der Waals surface area contributed by atoms with Gasteiger partial charge in [-0.25, -0.2) is 13.2 Å². The summed E-state index contributed by atoms with van der Waals surface area (Å²) in [6.07, 6.45) is 1.80. The number of aliphatic hydroxyl groups excluding tert-OH is 1. The Bertz CT molecular complexity index is 1270. The first-order valence-electron chi connectivity index (χ1n) is 10.0. The number of aliphatic hydroxyl groups is 1. The molecule has 0 radical (unpaired) electrons. The zero-order valence-electron chi connectivity index (χ0n) is 17.3. The Kier molecular flexibility index (Phi) is 6.09. The van der Waals surface area contributed by atoms with Crippen molar-refractivity contribution in [2.75, 3.05) is 0 Å². The predicted octanol–water partition coefficient (Wildman–Crippen LogP) is 7.02. The number of benzene rings is 2. The van der Waals surface area contributed by atoms with Crippen LogP contribution in [0.1, 0.15) is 42.7 Å². The number of hydrogen-bond donors (Lipinski definition) is 2. The molecule has 4 aromatic rings. The van der Waals surface area contributed by atoms with Crippen LogP contribution in [-0.4, -0.2) is 15.1 Å². The van der Waals surface area contributed by atoms with E-state index in [-0.39, 0.29) is 33.3 Å². The minimum absolute atomic E-state index is 0.0619. The lowest BCUT2D eigenvalue weighted by atomic mass is 9.89. The van der Waals surface area contributed by atoms with Gasteiger partial charge in [0.1, 0.15) is 23.6 Å². The van der Waals surface area contributed by atoms with Crippen molar-refractivity contribution in [1.82, 2.24) is 9.97 Å². The summed E-state index contributed by atoms with van der Waals surface area (Å²) in [7, 11) is 0. The summed E-state index contributed by atoms with van der Waals surface area (Å²) >= 11 is 5.95. The summed E-state index contributed by atoms with van der Waals surface area (Å²) in [5.41, 5.74) is 2.24. The molecular formula is C25H20ClF3N2O. The van der Waals surface area contributed by atoms with Crippen LogP contribution in [-0.2, 0) is 0 Å². The minimum atomic E-state index is -1.25. The molecule has 7 heteroatoms. The maximum Gasteiger partial charge on any atom is 0.135 e. The Morgan fingerprint density at radius 2 is 1.69 bits per heavy atom. The molecule has 0 aliphatic rings. The van der Waals surface area contributed by atoms with Crippen LogP contribution < -0.4 is 0 Å². The number of aromatic nitrogens is 2. The molecule has 0 aliphatic carbocycles. The van der Waals surface area contributed by atoms with Crippen LogP contribution in [0.5, 0.6) is 0 Å². The Morgan fingerprint density at radius 3 is 2.31 bits per heavy atom. The SMILES string of the molecule is CC(C)c1[nH]c(-c2ccc(F)cc2F)c(C(O)c2cccnc2)c1-c1ccc(Cl)cc1F. The lowest BCUT2D eigenvalue weighted by Crippen LogP contribution is -2.04. The average Bonchev–Trinajstić information content (AvgIpc) is 3.14. The molecule has 0 spiro atoms. The van der Waals surface area contributed by atoms with Gasteiger partial charge in [0.2, 0.25) is 0 Å². The lowest BCUT2D eigenvalue weighted by Gasteiger charge is -2.17. The average molecular weight is 457 g/mol. The van der Waals surface area contributed by atoms with E-state index in [1.165, 1.54) is 24.4 Å². The molecule has 0 bridgehead atoms. The Labute approximate surface area is 188 Å². The van der Waals surface area contributed by atoms with Gasteiger partial charge in [0, 0.05) is 57.0 Å². The first kappa shape index (κ1) is 22.1. The number of rotatable bonds is 5. The maximum atomic E-state index is 15.1. The first-order chi connectivity index (χ1) is 15.3. The van der Waals surface area contributed by atoms with Gasteiger partial charge in [0.05, 0.1) is 5.69 Å². The minimum Gasteiger partial charge on any atom is -0.383 e. The molecule has 4 rings (SSSR count). The van der Waals surface area contributed by atoms with Crippen molar-refractivity contribution >= 4 is 11.6 Å². The topological polar surface area (TPSA) is 48.9 Å². The first-order valence-corrected chi connectivity index (χ1v) is 10.4. The van der Waals surface area contributed by atoms with E-state index >= 15 is 4.39 Å². The molecule has 0 amide bonds. The van der Waals surface area contributed by atoms with E-state index in [4.69, 9.17) is 11.6 Å². The fourth-order valence-corrected chi connectivity index (χ4v) is 3.99. The molecule has 0 fully saturated rings. The van der Waals surface area contributed by atoms with E-state index in [9.17, 15) is 13.9 Å². The third-order valence-electron chi connectivity index (χ3n) is 5.32. The third-order valence-corrected chi connectivity index (χ3v) is 5.55. The summed E-state index contributed by atoms with van der Waals surface area (Å²) in [6, 6.07) is 10.8. The van der Waals surface area contributed by atoms with Crippen molar-refractivity contribution in [1.29, 1.82) is 0 Å². The van der Waals surface area contributed by atoms with Gasteiger partial charge < -0.3 is 10.1 Å². The van der Waals surface area contributed by atoms with E-state index in [0.29, 0.717) is 16.8 Å². The van der Waals surface area contributed by atoms with E-state index in [0.717, 1.165) is 12.1 Å². The van der Waals surface area contributed by atoms with E-state index in [1.807, 2.05) is 13.8 Å². The molecule has 2 aromatic carbocycles. The Hall–Kier alpha value is -3.09. The second kappa shape index (κ2) is 8.81. The van der Waals surface area contributed by atoms with Crippen LogP contribution in [0.2, 0.25) is 5.02 Å². The molecule has 1 atom stereocenters. The highest BCUT2D eigenvalue weighted by molar-refractivity contribution is 6.30. The van der Waals surface area contributed by atoms with E-state index in [1.54, 1.807) is 24.4 Å². The molecule has 2 N–H and O–H groups in total. The van der Waals surface area contributed by atoms with Crippen LogP contribution in [0.3, 0.4) is 0 Å². The number of nitrogens with one attached hydrogen (secondary N) is 1. The number of H-pyrrole nitrogens is 1. The largest absolute Gasteiger partial charge is 0.383 e. The summed E-state index contributed by atoms with van der Waals surface area (Å²) in [4.78, 5) is 7.23. The van der Waals surface area contributed by atoms with Gasteiger partial charge in [-0.05, 0) is 42.3 Å². The van der Waals surface area contributed by atoms with Crippen molar-refractivity contribution in [2.45, 2.75) is 25.9 Å². The van der Waals surface area contributed by atoms with Crippen molar-refractivity contribution < 1.29 is 18.3 Å². The fourth-order valence-electron chi connectivity index (χ4n) is 3.83. The summed E-state index contributed by atoms with van der Waals surface area (Å²) in [5, 5.41) is 11.6. The Morgan fingerprint density at radius 1 is 0.969 bits per heavy atom. The number of halogens is 4. The van der Waals surface area contributed by atoms with Gasteiger partial charge in [0.15, 0.2) is 0 Å². The van der Waals surface area contributed by atoms with E-state index < -0.39 is 23.6 Å². The summed E-state index contributed by atoms with van der Waals surface area (Å²) in [6.45, 7) is 3.79. The van der Waals surface area contributed by atoms with Gasteiger partial charge in [-0.3, -0.25) is 4.98 Å². The van der Waals surface area contributed by atoms with Crippen LogP contribution in [0, 0.1) is 17.5 Å². The molecule has 0 saturated carbocycles. The third kappa shape index (κ3) is 4.04. The van der Waals surface area contributed by atoms with Crippen LogP contribution in [0.25, 0.3) is 22.4 Å². The number of pyridine rings is 1. The highest BCUT2D eigenvalue weighted by Gasteiger charge is 2.30. The second-order valence-electron chi connectivity index (χ2n) is 7.79. The zero-order valence-corrected chi connectivity index (χ0v) is 18.1. The monoisotopic (exact) mass is 456 g/mol. The van der Waals surface area contributed by atoms with Crippen LogP contribution in [0.4, 0.5) is 13.2 Å². The Balaban J connectivity index is 2.08. The molecule has 3 nitrogen and oxygen atoms in total. The number of hydrogen-bond acceptors (Lipinski definition) is 2. The maximum absolute atomic E-state index is 15.1. The highest BCUT2D eigenvalue weighted by atomic mass is 35.5. The van der Waals surface area contributed by atoms with E-state index in [2.05, 4.69) is 9.97 Å². The zero-order chi connectivity index (χ0) is 23.0. The van der Waals surface area contributed by atoms with Gasteiger partial charge in [-0.2, -0.15) is 0 Å². The molecule has 1 unspecified atom stereocenters. The second-order valence-corrected chi connectivity index (χ2v) is 8.23. The predicted molar refractivity (Wildman–Crippen MR) is 119 cm³/mol. The lowest BCUT2D eigenvalue weighted by molar-refractivity contribution is 0.221. The molecule has 2 heterocycles. The van der Waals surface area contributed by atoms with Crippen molar-refractivity contribution in [3.05, 3.63) is 100 Å². The van der Waals surface area contributed by atoms with Gasteiger partial charge in [-0.15, -0.1) is 0 Å². The smallest absolute Gasteiger partial charge is 0.135 e. The van der Waals surface area contributed by atoms with Crippen molar-refractivity contribution in [3.8, 4) is 22.4 Å². The molecule has 0 aliphatic heterocycles. The van der Waals surface area contributed by atoms with Crippen molar-refractivity contribution in [2.24, 2.45) is 0 Å². The number of aromatic amines is 1. The quantitative estimate of drug-likeness (QED) is 0.339.